The average molecular weight is 397 g/mol. The highest BCUT2D eigenvalue weighted by molar-refractivity contribution is 6.00. The molecule has 4 aliphatic rings. The van der Waals surface area contributed by atoms with E-state index in [-0.39, 0.29) is 16.9 Å². The first-order valence-electron chi connectivity index (χ1n) is 11.6. The van der Waals surface area contributed by atoms with Gasteiger partial charge in [-0.1, -0.05) is 13.8 Å². The minimum atomic E-state index is -0.115. The standard InChI is InChI=1S/C25H36N2O2/c1-15-17(14-27(4)26-15)11-16-13-25(3)18(12-22(16)28)5-6-19-20-7-8-23(29)24(20,2)10-9-21(19)25/h11,14,18-21,23,29H,5-10,12-13H2,1-4H3/b16-11-/t18-,19+,20+,21+,23-,24+,25+/m1/s1. The van der Waals surface area contributed by atoms with Gasteiger partial charge in [0.05, 0.1) is 11.8 Å². The number of carbonyl (C=O) groups excluding carboxylic acids is 1. The van der Waals surface area contributed by atoms with Gasteiger partial charge in [0.2, 0.25) is 0 Å². The van der Waals surface area contributed by atoms with Crippen LogP contribution in [-0.4, -0.2) is 26.8 Å². The molecule has 0 radical (unpaired) electrons. The molecular formula is C25H36N2O2. The number of carbonyl (C=O) groups is 1. The minimum absolute atomic E-state index is 0.115. The van der Waals surface area contributed by atoms with Crippen LogP contribution in [0.15, 0.2) is 11.8 Å². The second-order valence-corrected chi connectivity index (χ2v) is 11.1. The summed E-state index contributed by atoms with van der Waals surface area (Å²) in [5.74, 6) is 2.96. The Labute approximate surface area is 174 Å². The van der Waals surface area contributed by atoms with Crippen LogP contribution >= 0.6 is 0 Å². The van der Waals surface area contributed by atoms with Crippen LogP contribution in [0.3, 0.4) is 0 Å². The molecule has 0 amide bonds. The van der Waals surface area contributed by atoms with Crippen LogP contribution < -0.4 is 0 Å². The first-order chi connectivity index (χ1) is 13.7. The SMILES string of the molecule is Cc1nn(C)cc1/C=C1/C[C@@]2(C)[C@H](CC[C@@H]3[C@@H]2CC[C@]2(C)[C@H](O)CC[C@@H]32)CC1=O. The average Bonchev–Trinajstić information content (AvgIpc) is 3.14. The molecule has 1 heterocycles. The van der Waals surface area contributed by atoms with Crippen molar-refractivity contribution in [2.75, 3.05) is 0 Å². The van der Waals surface area contributed by atoms with Crippen molar-refractivity contribution in [3.63, 3.8) is 0 Å². The monoisotopic (exact) mass is 396 g/mol. The van der Waals surface area contributed by atoms with Gasteiger partial charge in [0, 0.05) is 25.2 Å². The van der Waals surface area contributed by atoms with Gasteiger partial charge in [-0.2, -0.15) is 5.10 Å². The maximum atomic E-state index is 13.0. The molecule has 29 heavy (non-hydrogen) atoms. The maximum Gasteiger partial charge on any atom is 0.159 e. The van der Waals surface area contributed by atoms with Gasteiger partial charge in [0.1, 0.15) is 0 Å². The van der Waals surface area contributed by atoms with Gasteiger partial charge in [0.25, 0.3) is 0 Å². The van der Waals surface area contributed by atoms with Gasteiger partial charge in [-0.05, 0) is 98.0 Å². The van der Waals surface area contributed by atoms with Crippen molar-refractivity contribution in [1.82, 2.24) is 9.78 Å². The Bertz CT molecular complexity index is 870. The number of aryl methyl sites for hydroxylation is 2. The van der Waals surface area contributed by atoms with Crippen molar-refractivity contribution in [1.29, 1.82) is 0 Å². The second-order valence-electron chi connectivity index (χ2n) is 11.1. The van der Waals surface area contributed by atoms with Gasteiger partial charge in [0.15, 0.2) is 5.78 Å². The van der Waals surface area contributed by atoms with Crippen molar-refractivity contribution in [2.45, 2.75) is 78.2 Å². The Kier molecular flexibility index (Phi) is 4.40. The summed E-state index contributed by atoms with van der Waals surface area (Å²) in [6.07, 6.45) is 12.7. The maximum absolute atomic E-state index is 13.0. The summed E-state index contributed by atoms with van der Waals surface area (Å²) in [5, 5.41) is 15.1. The van der Waals surface area contributed by atoms with E-state index in [9.17, 15) is 9.90 Å². The predicted molar refractivity (Wildman–Crippen MR) is 114 cm³/mol. The van der Waals surface area contributed by atoms with Crippen molar-refractivity contribution in [3.8, 4) is 0 Å². The number of rotatable bonds is 1. The van der Waals surface area contributed by atoms with E-state index < -0.39 is 0 Å². The minimum Gasteiger partial charge on any atom is -0.393 e. The molecule has 0 unspecified atom stereocenters. The Hall–Kier alpha value is -1.42. The van der Waals surface area contributed by atoms with E-state index in [2.05, 4.69) is 25.0 Å². The molecular weight excluding hydrogens is 360 g/mol. The molecule has 4 aliphatic carbocycles. The van der Waals surface area contributed by atoms with Crippen molar-refractivity contribution in [2.24, 2.45) is 41.5 Å². The topological polar surface area (TPSA) is 55.1 Å². The van der Waals surface area contributed by atoms with Crippen molar-refractivity contribution in [3.05, 3.63) is 23.0 Å². The number of allylic oxidation sites excluding steroid dienone is 1. The van der Waals surface area contributed by atoms with Crippen LogP contribution in [0, 0.1) is 41.4 Å². The first kappa shape index (κ1) is 19.5. The van der Waals surface area contributed by atoms with E-state index in [1.807, 2.05) is 24.9 Å². The molecule has 0 saturated heterocycles. The number of aliphatic hydroxyl groups is 1. The zero-order valence-corrected chi connectivity index (χ0v) is 18.4. The third kappa shape index (κ3) is 2.81. The molecule has 4 saturated carbocycles. The summed E-state index contributed by atoms with van der Waals surface area (Å²) in [4.78, 5) is 13.0. The van der Waals surface area contributed by atoms with Crippen LogP contribution in [0.4, 0.5) is 0 Å². The zero-order valence-electron chi connectivity index (χ0n) is 18.4. The van der Waals surface area contributed by atoms with Crippen molar-refractivity contribution >= 4 is 11.9 Å². The molecule has 0 aliphatic heterocycles. The molecule has 0 spiro atoms. The smallest absolute Gasteiger partial charge is 0.159 e. The molecule has 1 aromatic heterocycles. The Morgan fingerprint density at radius 2 is 1.90 bits per heavy atom. The number of hydrogen-bond donors (Lipinski definition) is 1. The van der Waals surface area contributed by atoms with E-state index in [4.69, 9.17) is 0 Å². The zero-order chi connectivity index (χ0) is 20.6. The summed E-state index contributed by atoms with van der Waals surface area (Å²) >= 11 is 0. The quantitative estimate of drug-likeness (QED) is 0.701. The number of Topliss-reactive ketones (excluding diaryl/α,β-unsaturated/α-hetero) is 1. The van der Waals surface area contributed by atoms with Gasteiger partial charge < -0.3 is 5.11 Å². The number of hydrogen-bond acceptors (Lipinski definition) is 3. The number of ketones is 1. The molecule has 7 atom stereocenters. The van der Waals surface area contributed by atoms with E-state index in [0.29, 0.717) is 23.5 Å². The lowest BCUT2D eigenvalue weighted by Crippen LogP contribution is -2.54. The third-order valence-corrected chi connectivity index (χ3v) is 9.76. The van der Waals surface area contributed by atoms with Crippen LogP contribution in [0.2, 0.25) is 0 Å². The molecule has 4 nitrogen and oxygen atoms in total. The Balaban J connectivity index is 1.47. The lowest BCUT2D eigenvalue weighted by atomic mass is 9.45. The van der Waals surface area contributed by atoms with E-state index in [0.717, 1.165) is 48.4 Å². The van der Waals surface area contributed by atoms with Gasteiger partial charge in [-0.3, -0.25) is 9.48 Å². The van der Waals surface area contributed by atoms with E-state index in [1.165, 1.54) is 25.7 Å². The Morgan fingerprint density at radius 3 is 2.62 bits per heavy atom. The van der Waals surface area contributed by atoms with Gasteiger partial charge in [-0.25, -0.2) is 0 Å². The lowest BCUT2D eigenvalue weighted by Gasteiger charge is -2.60. The largest absolute Gasteiger partial charge is 0.393 e. The third-order valence-electron chi connectivity index (χ3n) is 9.76. The summed E-state index contributed by atoms with van der Waals surface area (Å²) in [6, 6.07) is 0. The van der Waals surface area contributed by atoms with E-state index in [1.54, 1.807) is 0 Å². The predicted octanol–water partition coefficient (Wildman–Crippen LogP) is 4.69. The van der Waals surface area contributed by atoms with Crippen LogP contribution in [0.1, 0.15) is 76.5 Å². The highest BCUT2D eigenvalue weighted by Crippen LogP contribution is 2.66. The second kappa shape index (κ2) is 6.54. The molecule has 1 aromatic rings. The summed E-state index contributed by atoms with van der Waals surface area (Å²) in [5.41, 5.74) is 3.43. The fourth-order valence-electron chi connectivity index (χ4n) is 8.06. The normalized spacial score (nSPS) is 45.8. The molecule has 5 rings (SSSR count). The molecule has 1 N–H and O–H groups in total. The number of nitrogens with zero attached hydrogens (tertiary/aromatic N) is 2. The van der Waals surface area contributed by atoms with Crippen molar-refractivity contribution < 1.29 is 9.90 Å². The number of aromatic nitrogens is 2. The summed E-state index contributed by atoms with van der Waals surface area (Å²) in [7, 11) is 1.94. The highest BCUT2D eigenvalue weighted by Gasteiger charge is 2.60. The Morgan fingerprint density at radius 1 is 1.14 bits per heavy atom. The first-order valence-corrected chi connectivity index (χ1v) is 11.6. The molecule has 158 valence electrons. The fourth-order valence-corrected chi connectivity index (χ4v) is 8.06. The molecule has 0 aromatic carbocycles. The lowest BCUT2D eigenvalue weighted by molar-refractivity contribution is -0.134. The van der Waals surface area contributed by atoms with E-state index >= 15 is 0 Å². The number of aliphatic hydroxyl groups excluding tert-OH is 1. The molecule has 4 heteroatoms. The summed E-state index contributed by atoms with van der Waals surface area (Å²) < 4.78 is 1.84. The van der Waals surface area contributed by atoms with Crippen LogP contribution in [-0.2, 0) is 11.8 Å². The summed E-state index contributed by atoms with van der Waals surface area (Å²) in [6.45, 7) is 6.86. The van der Waals surface area contributed by atoms with Gasteiger partial charge >= 0.3 is 0 Å². The van der Waals surface area contributed by atoms with Crippen LogP contribution in [0.5, 0.6) is 0 Å². The highest BCUT2D eigenvalue weighted by atomic mass is 16.3. The molecule has 4 fully saturated rings. The molecule has 0 bridgehead atoms. The fraction of sp³-hybridized carbons (Fsp3) is 0.760. The van der Waals surface area contributed by atoms with Crippen LogP contribution in [0.25, 0.3) is 6.08 Å². The number of fused-ring (bicyclic) bond motifs is 5. The van der Waals surface area contributed by atoms with Gasteiger partial charge in [-0.15, -0.1) is 0 Å².